The van der Waals surface area contributed by atoms with E-state index in [9.17, 15) is 8.42 Å². The van der Waals surface area contributed by atoms with Crippen molar-refractivity contribution in [2.24, 2.45) is 0 Å². The first-order valence-corrected chi connectivity index (χ1v) is 9.73. The molecule has 5 nitrogen and oxygen atoms in total. The van der Waals surface area contributed by atoms with Gasteiger partial charge in [-0.25, -0.2) is 8.42 Å². The van der Waals surface area contributed by atoms with Crippen LogP contribution in [0.2, 0.25) is 0 Å². The molecule has 0 amide bonds. The van der Waals surface area contributed by atoms with E-state index < -0.39 is 10.0 Å². The highest BCUT2D eigenvalue weighted by atomic mass is 32.2. The molecule has 0 saturated heterocycles. The van der Waals surface area contributed by atoms with Crippen LogP contribution in [0.25, 0.3) is 5.69 Å². The maximum Gasteiger partial charge on any atom is 0.262 e. The molecule has 0 unspecified atom stereocenters. The summed E-state index contributed by atoms with van der Waals surface area (Å²) in [5.74, 6) is 0.481. The lowest BCUT2D eigenvalue weighted by molar-refractivity contribution is 0.417. The summed E-state index contributed by atoms with van der Waals surface area (Å²) in [5.41, 5.74) is 4.49. The van der Waals surface area contributed by atoms with Crippen LogP contribution >= 0.6 is 0 Å². The maximum atomic E-state index is 12.7. The highest BCUT2D eigenvalue weighted by molar-refractivity contribution is 7.92. The van der Waals surface area contributed by atoms with E-state index in [1.807, 2.05) is 51.1 Å². The van der Waals surface area contributed by atoms with E-state index in [-0.39, 0.29) is 4.90 Å². The minimum absolute atomic E-state index is 0.201. The average molecular weight is 370 g/mol. The Morgan fingerprint density at radius 2 is 1.50 bits per heavy atom. The van der Waals surface area contributed by atoms with E-state index in [1.54, 1.807) is 24.3 Å². The topological polar surface area (TPSA) is 60.3 Å². The van der Waals surface area contributed by atoms with Crippen LogP contribution in [-0.2, 0) is 10.0 Å². The fourth-order valence-corrected chi connectivity index (χ4v) is 4.02. The Balaban J connectivity index is 1.92. The van der Waals surface area contributed by atoms with Crippen LogP contribution in [0.15, 0.2) is 59.5 Å². The van der Waals surface area contributed by atoms with E-state index in [4.69, 9.17) is 4.74 Å². The molecule has 1 heterocycles. The molecule has 3 rings (SSSR count). The average Bonchev–Trinajstić information content (AvgIpc) is 2.93. The number of rotatable bonds is 5. The first kappa shape index (κ1) is 18.1. The summed E-state index contributed by atoms with van der Waals surface area (Å²) in [7, 11) is -2.19. The van der Waals surface area contributed by atoms with E-state index in [1.165, 1.54) is 7.11 Å². The minimum Gasteiger partial charge on any atom is -0.495 e. The van der Waals surface area contributed by atoms with Gasteiger partial charge in [0.15, 0.2) is 0 Å². The fraction of sp³-hybridized carbons (Fsp3) is 0.200. The molecule has 1 aromatic heterocycles. The second-order valence-electron chi connectivity index (χ2n) is 6.25. The molecule has 3 aromatic rings. The molecule has 0 aliphatic heterocycles. The van der Waals surface area contributed by atoms with E-state index in [0.29, 0.717) is 11.4 Å². The van der Waals surface area contributed by atoms with Gasteiger partial charge in [0, 0.05) is 17.1 Å². The molecule has 0 radical (unpaired) electrons. The number of nitrogens with one attached hydrogen (secondary N) is 1. The number of methoxy groups -OCH3 is 1. The number of sulfonamides is 1. The van der Waals surface area contributed by atoms with Gasteiger partial charge in [-0.3, -0.25) is 4.72 Å². The molecular weight excluding hydrogens is 348 g/mol. The third-order valence-corrected chi connectivity index (χ3v) is 5.66. The monoisotopic (exact) mass is 370 g/mol. The van der Waals surface area contributed by atoms with E-state index in [2.05, 4.69) is 9.29 Å². The number of anilines is 1. The molecule has 0 bridgehead atoms. The predicted molar refractivity (Wildman–Crippen MR) is 104 cm³/mol. The minimum atomic E-state index is -3.71. The van der Waals surface area contributed by atoms with Crippen molar-refractivity contribution in [3.05, 3.63) is 71.5 Å². The Hall–Kier alpha value is -2.73. The lowest BCUT2D eigenvalue weighted by Gasteiger charge is -2.14. The molecule has 26 heavy (non-hydrogen) atoms. The molecule has 136 valence electrons. The normalized spacial score (nSPS) is 11.4. The van der Waals surface area contributed by atoms with Gasteiger partial charge in [-0.15, -0.1) is 0 Å². The van der Waals surface area contributed by atoms with Crippen LogP contribution in [0, 0.1) is 20.8 Å². The number of hydrogen-bond acceptors (Lipinski definition) is 3. The molecule has 0 fully saturated rings. The first-order chi connectivity index (χ1) is 12.3. The van der Waals surface area contributed by atoms with Crippen molar-refractivity contribution in [3.8, 4) is 11.4 Å². The Morgan fingerprint density at radius 1 is 0.885 bits per heavy atom. The highest BCUT2D eigenvalue weighted by Crippen LogP contribution is 2.28. The second-order valence-corrected chi connectivity index (χ2v) is 7.94. The molecule has 2 aromatic carbocycles. The van der Waals surface area contributed by atoms with Crippen LogP contribution in [0.3, 0.4) is 0 Å². The van der Waals surface area contributed by atoms with Gasteiger partial charge >= 0.3 is 0 Å². The number of benzene rings is 2. The molecule has 0 saturated carbocycles. The number of nitrogens with zero attached hydrogens (tertiary/aromatic N) is 1. The Bertz CT molecular complexity index is 1020. The molecular formula is C20H22N2O3S. The van der Waals surface area contributed by atoms with Crippen LogP contribution < -0.4 is 9.46 Å². The third kappa shape index (κ3) is 3.46. The highest BCUT2D eigenvalue weighted by Gasteiger charge is 2.17. The van der Waals surface area contributed by atoms with Crippen LogP contribution in [0.1, 0.15) is 17.0 Å². The predicted octanol–water partition coefficient (Wildman–Crippen LogP) is 4.21. The zero-order valence-electron chi connectivity index (χ0n) is 15.3. The summed E-state index contributed by atoms with van der Waals surface area (Å²) in [5, 5.41) is 0. The number of hydrogen-bond donors (Lipinski definition) is 1. The van der Waals surface area contributed by atoms with Crippen molar-refractivity contribution in [1.82, 2.24) is 4.57 Å². The van der Waals surface area contributed by atoms with Gasteiger partial charge in [-0.1, -0.05) is 6.07 Å². The van der Waals surface area contributed by atoms with Crippen LogP contribution in [0.5, 0.6) is 5.75 Å². The molecule has 1 N–H and O–H groups in total. The summed E-state index contributed by atoms with van der Waals surface area (Å²) in [6, 6.07) is 16.3. The van der Waals surface area contributed by atoms with Crippen molar-refractivity contribution in [1.29, 1.82) is 0 Å². The smallest absolute Gasteiger partial charge is 0.262 e. The standard InChI is InChI=1S/C20H22N2O3S/c1-14-5-12-20(25-4)19(13-14)21-26(23,24)18-10-8-17(9-11-18)22-15(2)6-7-16(22)3/h5-13,21H,1-4H3. The fourth-order valence-electron chi connectivity index (χ4n) is 2.96. The third-order valence-electron chi connectivity index (χ3n) is 4.28. The summed E-state index contributed by atoms with van der Waals surface area (Å²) < 4.78 is 35.4. The van der Waals surface area contributed by atoms with Gasteiger partial charge in [0.25, 0.3) is 10.0 Å². The molecule has 0 spiro atoms. The van der Waals surface area contributed by atoms with Crippen molar-refractivity contribution in [3.63, 3.8) is 0 Å². The summed E-state index contributed by atoms with van der Waals surface area (Å²) >= 11 is 0. The van der Waals surface area contributed by atoms with E-state index in [0.717, 1.165) is 22.6 Å². The Morgan fingerprint density at radius 3 is 2.08 bits per heavy atom. The van der Waals surface area contributed by atoms with Crippen LogP contribution in [0.4, 0.5) is 5.69 Å². The number of ether oxygens (including phenoxy) is 1. The van der Waals surface area contributed by atoms with Gasteiger partial charge < -0.3 is 9.30 Å². The van der Waals surface area contributed by atoms with Crippen molar-refractivity contribution in [2.45, 2.75) is 25.7 Å². The zero-order chi connectivity index (χ0) is 18.9. The van der Waals surface area contributed by atoms with Gasteiger partial charge in [-0.05, 0) is 74.9 Å². The summed E-state index contributed by atoms with van der Waals surface area (Å²) in [6.07, 6.45) is 0. The first-order valence-electron chi connectivity index (χ1n) is 8.24. The lowest BCUT2D eigenvalue weighted by atomic mass is 10.2. The number of aromatic nitrogens is 1. The summed E-state index contributed by atoms with van der Waals surface area (Å²) in [4.78, 5) is 0.201. The largest absolute Gasteiger partial charge is 0.495 e. The second kappa shape index (κ2) is 6.88. The van der Waals surface area contributed by atoms with Gasteiger partial charge in [0.1, 0.15) is 5.75 Å². The Labute approximate surface area is 154 Å². The van der Waals surface area contributed by atoms with Gasteiger partial charge in [0.05, 0.1) is 17.7 Å². The van der Waals surface area contributed by atoms with Crippen molar-refractivity contribution < 1.29 is 13.2 Å². The van der Waals surface area contributed by atoms with E-state index >= 15 is 0 Å². The quantitative estimate of drug-likeness (QED) is 0.732. The SMILES string of the molecule is COc1ccc(C)cc1NS(=O)(=O)c1ccc(-n2c(C)ccc2C)cc1. The molecule has 0 atom stereocenters. The molecule has 0 aliphatic rings. The molecule has 6 heteroatoms. The van der Waals surface area contributed by atoms with Gasteiger partial charge in [-0.2, -0.15) is 0 Å². The maximum absolute atomic E-state index is 12.7. The molecule has 0 aliphatic carbocycles. The van der Waals surface area contributed by atoms with Crippen molar-refractivity contribution in [2.75, 3.05) is 11.8 Å². The van der Waals surface area contributed by atoms with Crippen molar-refractivity contribution >= 4 is 15.7 Å². The lowest BCUT2D eigenvalue weighted by Crippen LogP contribution is -2.14. The van der Waals surface area contributed by atoms with Crippen LogP contribution in [-0.4, -0.2) is 20.1 Å². The number of aryl methyl sites for hydroxylation is 3. The Kier molecular flexibility index (Phi) is 4.78. The van der Waals surface area contributed by atoms with Gasteiger partial charge in [0.2, 0.25) is 0 Å². The zero-order valence-corrected chi connectivity index (χ0v) is 16.1. The summed E-state index contributed by atoms with van der Waals surface area (Å²) in [6.45, 7) is 5.93.